The second-order valence-corrected chi connectivity index (χ2v) is 7.09. The van der Waals surface area contributed by atoms with E-state index in [1.165, 1.54) is 12.1 Å². The first-order valence-corrected chi connectivity index (χ1v) is 7.39. The Bertz CT molecular complexity index is 451. The minimum Gasteiger partial charge on any atom is -0.389 e. The van der Waals surface area contributed by atoms with Crippen molar-refractivity contribution in [3.8, 4) is 0 Å². The highest BCUT2D eigenvalue weighted by Gasteiger charge is 2.31. The molecule has 2 rings (SSSR count). The van der Waals surface area contributed by atoms with Crippen molar-refractivity contribution >= 4 is 17.3 Å². The maximum atomic E-state index is 9.61. The molecule has 1 heterocycles. The Morgan fingerprint density at radius 3 is 2.53 bits per heavy atom. The molecule has 2 unspecified atom stereocenters. The van der Waals surface area contributed by atoms with Crippen molar-refractivity contribution in [2.75, 3.05) is 18.0 Å². The van der Waals surface area contributed by atoms with Crippen LogP contribution < -0.4 is 4.90 Å². The molecular formula is C16H24ClNO. The monoisotopic (exact) mass is 281 g/mol. The van der Waals surface area contributed by atoms with E-state index in [2.05, 4.69) is 31.7 Å². The summed E-state index contributed by atoms with van der Waals surface area (Å²) in [6.07, 6.45) is 0.724. The summed E-state index contributed by atoms with van der Waals surface area (Å²) in [4.78, 5) is 2.40. The molecule has 0 aliphatic carbocycles. The predicted molar refractivity (Wildman–Crippen MR) is 81.9 cm³/mol. The quantitative estimate of drug-likeness (QED) is 0.875. The first-order chi connectivity index (χ1) is 8.79. The minimum atomic E-state index is -0.512. The fourth-order valence-electron chi connectivity index (χ4n) is 2.75. The molecule has 1 aromatic carbocycles. The maximum absolute atomic E-state index is 9.61. The van der Waals surface area contributed by atoms with Crippen molar-refractivity contribution in [1.82, 2.24) is 0 Å². The van der Waals surface area contributed by atoms with Gasteiger partial charge in [-0.25, -0.2) is 0 Å². The van der Waals surface area contributed by atoms with Gasteiger partial charge in [0.05, 0.1) is 6.10 Å². The first-order valence-electron chi connectivity index (χ1n) is 7.01. The lowest BCUT2D eigenvalue weighted by molar-refractivity contribution is 0.199. The molecule has 2 atom stereocenters. The van der Waals surface area contributed by atoms with Crippen molar-refractivity contribution in [2.24, 2.45) is 11.3 Å². The van der Waals surface area contributed by atoms with E-state index in [9.17, 15) is 5.11 Å². The molecule has 0 spiro atoms. The molecule has 0 amide bonds. The Morgan fingerprint density at radius 1 is 1.37 bits per heavy atom. The van der Waals surface area contributed by atoms with E-state index in [0.29, 0.717) is 10.4 Å². The zero-order valence-electron chi connectivity index (χ0n) is 12.3. The van der Waals surface area contributed by atoms with Gasteiger partial charge < -0.3 is 10.0 Å². The van der Waals surface area contributed by atoms with Gasteiger partial charge in [0.2, 0.25) is 0 Å². The number of halogens is 1. The zero-order valence-corrected chi connectivity index (χ0v) is 13.0. The lowest BCUT2D eigenvalue weighted by atomic mass is 9.80. The summed E-state index contributed by atoms with van der Waals surface area (Å²) in [6.45, 7) is 10.9. The molecule has 0 bridgehead atoms. The van der Waals surface area contributed by atoms with Crippen molar-refractivity contribution in [3.05, 3.63) is 28.8 Å². The molecule has 3 heteroatoms. The molecule has 1 fully saturated rings. The number of anilines is 1. The van der Waals surface area contributed by atoms with Gasteiger partial charge in [0, 0.05) is 23.8 Å². The van der Waals surface area contributed by atoms with Crippen LogP contribution in [0.15, 0.2) is 18.2 Å². The van der Waals surface area contributed by atoms with E-state index in [-0.39, 0.29) is 0 Å². The number of aliphatic hydroxyl groups is 1. The van der Waals surface area contributed by atoms with Crippen LogP contribution in [0.5, 0.6) is 0 Å². The van der Waals surface area contributed by atoms with Gasteiger partial charge in [-0.15, -0.1) is 0 Å². The van der Waals surface area contributed by atoms with Crippen LogP contribution in [0.3, 0.4) is 0 Å². The third-order valence-electron chi connectivity index (χ3n) is 4.21. The average Bonchev–Trinajstić information content (AvgIpc) is 2.76. The fraction of sp³-hybridized carbons (Fsp3) is 0.625. The molecule has 1 N–H and O–H groups in total. The topological polar surface area (TPSA) is 23.5 Å². The molecule has 0 radical (unpaired) electrons. The van der Waals surface area contributed by atoms with E-state index in [1.807, 2.05) is 12.1 Å². The molecule has 1 aliphatic rings. The van der Waals surface area contributed by atoms with E-state index in [0.717, 1.165) is 24.6 Å². The number of aliphatic hydroxyl groups excluding tert-OH is 1. The van der Waals surface area contributed by atoms with Gasteiger partial charge in [0.15, 0.2) is 0 Å². The van der Waals surface area contributed by atoms with Gasteiger partial charge >= 0.3 is 0 Å². The van der Waals surface area contributed by atoms with E-state index < -0.39 is 6.10 Å². The second-order valence-electron chi connectivity index (χ2n) is 6.68. The minimum absolute atomic E-state index is 0.359. The molecule has 1 aliphatic heterocycles. The van der Waals surface area contributed by atoms with Crippen LogP contribution in [0.4, 0.5) is 5.69 Å². The lowest BCUT2D eigenvalue weighted by Gasteiger charge is -2.27. The second kappa shape index (κ2) is 5.34. The highest BCUT2D eigenvalue weighted by molar-refractivity contribution is 6.31. The van der Waals surface area contributed by atoms with Crippen molar-refractivity contribution < 1.29 is 5.11 Å². The van der Waals surface area contributed by atoms with E-state index in [1.54, 1.807) is 6.92 Å². The normalized spacial score (nSPS) is 21.8. The number of rotatable bonds is 2. The average molecular weight is 282 g/mol. The van der Waals surface area contributed by atoms with Crippen LogP contribution in [0.1, 0.15) is 45.8 Å². The van der Waals surface area contributed by atoms with Crippen LogP contribution in [0.2, 0.25) is 5.02 Å². The van der Waals surface area contributed by atoms with Crippen LogP contribution >= 0.6 is 11.6 Å². The fourth-order valence-corrected chi connectivity index (χ4v) is 3.09. The Kier molecular flexibility index (Phi) is 4.12. The third-order valence-corrected chi connectivity index (χ3v) is 4.54. The SMILES string of the molecule is CC(O)c1ccc(N2CCC(C(C)(C)C)C2)cc1Cl. The standard InChI is InChI=1S/C16H24ClNO/c1-11(19)14-6-5-13(9-15(14)17)18-8-7-12(10-18)16(2,3)4/h5-6,9,11-12,19H,7-8,10H2,1-4H3. The van der Waals surface area contributed by atoms with Crippen LogP contribution in [0, 0.1) is 11.3 Å². The number of nitrogens with zero attached hydrogens (tertiary/aromatic N) is 1. The van der Waals surface area contributed by atoms with Gasteiger partial charge in [-0.3, -0.25) is 0 Å². The summed E-state index contributed by atoms with van der Waals surface area (Å²) in [5, 5.41) is 10.3. The highest BCUT2D eigenvalue weighted by Crippen LogP contribution is 2.37. The molecule has 1 aromatic rings. The summed E-state index contributed by atoms with van der Waals surface area (Å²) in [7, 11) is 0. The number of hydrogen-bond donors (Lipinski definition) is 1. The Morgan fingerprint density at radius 2 is 2.05 bits per heavy atom. The molecular weight excluding hydrogens is 258 g/mol. The molecule has 0 aromatic heterocycles. The Hall–Kier alpha value is -0.730. The van der Waals surface area contributed by atoms with Gasteiger partial charge in [-0.05, 0) is 42.4 Å². The molecule has 2 nitrogen and oxygen atoms in total. The smallest absolute Gasteiger partial charge is 0.0776 e. The van der Waals surface area contributed by atoms with E-state index >= 15 is 0 Å². The molecule has 106 valence electrons. The molecule has 0 saturated carbocycles. The zero-order chi connectivity index (χ0) is 14.2. The summed E-state index contributed by atoms with van der Waals surface area (Å²) < 4.78 is 0. The van der Waals surface area contributed by atoms with Gasteiger partial charge in [0.25, 0.3) is 0 Å². The maximum Gasteiger partial charge on any atom is 0.0776 e. The summed E-state index contributed by atoms with van der Waals surface area (Å²) >= 11 is 6.24. The van der Waals surface area contributed by atoms with Crippen LogP contribution in [-0.4, -0.2) is 18.2 Å². The van der Waals surface area contributed by atoms with E-state index in [4.69, 9.17) is 11.6 Å². The number of benzene rings is 1. The molecule has 1 saturated heterocycles. The third kappa shape index (κ3) is 3.24. The van der Waals surface area contributed by atoms with Crippen molar-refractivity contribution in [1.29, 1.82) is 0 Å². The van der Waals surface area contributed by atoms with Gasteiger partial charge in [-0.1, -0.05) is 38.4 Å². The summed E-state index contributed by atoms with van der Waals surface area (Å²) in [5.41, 5.74) is 2.33. The van der Waals surface area contributed by atoms with Crippen molar-refractivity contribution in [3.63, 3.8) is 0 Å². The highest BCUT2D eigenvalue weighted by atomic mass is 35.5. The molecule has 19 heavy (non-hydrogen) atoms. The first kappa shape index (κ1) is 14.7. The van der Waals surface area contributed by atoms with Gasteiger partial charge in [-0.2, -0.15) is 0 Å². The van der Waals surface area contributed by atoms with Crippen LogP contribution in [0.25, 0.3) is 0 Å². The predicted octanol–water partition coefficient (Wildman–Crippen LogP) is 4.27. The van der Waals surface area contributed by atoms with Crippen LogP contribution in [-0.2, 0) is 0 Å². The Labute approximate surface area is 121 Å². The largest absolute Gasteiger partial charge is 0.389 e. The Balaban J connectivity index is 2.14. The van der Waals surface area contributed by atoms with Crippen molar-refractivity contribution in [2.45, 2.75) is 40.2 Å². The number of hydrogen-bond acceptors (Lipinski definition) is 2. The summed E-state index contributed by atoms with van der Waals surface area (Å²) in [6, 6.07) is 5.99. The van der Waals surface area contributed by atoms with Gasteiger partial charge in [0.1, 0.15) is 0 Å². The summed E-state index contributed by atoms with van der Waals surface area (Å²) in [5.74, 6) is 0.725. The lowest BCUT2D eigenvalue weighted by Crippen LogP contribution is -2.25.